The van der Waals surface area contributed by atoms with E-state index < -0.39 is 0 Å². The Morgan fingerprint density at radius 1 is 1.30 bits per heavy atom. The number of amides is 1. The van der Waals surface area contributed by atoms with Crippen LogP contribution in [0.15, 0.2) is 27.3 Å². The minimum Gasteiger partial charge on any atom is -0.468 e. The second kappa shape index (κ2) is 6.88. The van der Waals surface area contributed by atoms with Crippen LogP contribution >= 0.6 is 15.9 Å². The molecular formula is C16H21BrN4O2. The van der Waals surface area contributed by atoms with Gasteiger partial charge in [-0.2, -0.15) is 5.10 Å². The van der Waals surface area contributed by atoms with Gasteiger partial charge in [0.1, 0.15) is 12.3 Å². The van der Waals surface area contributed by atoms with Gasteiger partial charge in [0.2, 0.25) is 5.91 Å². The van der Waals surface area contributed by atoms with Crippen molar-refractivity contribution in [3.05, 3.63) is 40.0 Å². The molecule has 1 aliphatic heterocycles. The van der Waals surface area contributed by atoms with Crippen molar-refractivity contribution in [1.82, 2.24) is 19.6 Å². The quantitative estimate of drug-likeness (QED) is 0.815. The third kappa shape index (κ3) is 3.67. The van der Waals surface area contributed by atoms with Crippen molar-refractivity contribution in [2.45, 2.75) is 26.9 Å². The van der Waals surface area contributed by atoms with Gasteiger partial charge in [-0.15, -0.1) is 0 Å². The molecule has 7 heteroatoms. The summed E-state index contributed by atoms with van der Waals surface area (Å²) in [4.78, 5) is 16.7. The molecule has 0 N–H and O–H groups in total. The SMILES string of the molecule is Cc1nn(CC(=O)N2CCN(Cc3ccco3)CC2)c(C)c1Br. The third-order valence-corrected chi connectivity index (χ3v) is 5.41. The number of aromatic nitrogens is 2. The highest BCUT2D eigenvalue weighted by Crippen LogP contribution is 2.20. The van der Waals surface area contributed by atoms with E-state index in [4.69, 9.17) is 4.42 Å². The highest BCUT2D eigenvalue weighted by atomic mass is 79.9. The van der Waals surface area contributed by atoms with Gasteiger partial charge in [-0.25, -0.2) is 0 Å². The summed E-state index contributed by atoms with van der Waals surface area (Å²) < 4.78 is 8.13. The first-order valence-corrected chi connectivity index (χ1v) is 8.56. The summed E-state index contributed by atoms with van der Waals surface area (Å²) in [6.07, 6.45) is 1.70. The molecule has 2 aromatic rings. The number of carbonyl (C=O) groups is 1. The molecule has 1 fully saturated rings. The number of aryl methyl sites for hydroxylation is 1. The lowest BCUT2D eigenvalue weighted by Crippen LogP contribution is -2.49. The van der Waals surface area contributed by atoms with Crippen molar-refractivity contribution < 1.29 is 9.21 Å². The number of halogens is 1. The van der Waals surface area contributed by atoms with Gasteiger partial charge in [0.05, 0.1) is 28.7 Å². The fourth-order valence-electron chi connectivity index (χ4n) is 2.84. The second-order valence-corrected chi connectivity index (χ2v) is 6.67. The minimum atomic E-state index is 0.126. The maximum Gasteiger partial charge on any atom is 0.244 e. The van der Waals surface area contributed by atoms with Gasteiger partial charge in [0, 0.05) is 26.2 Å². The molecule has 1 saturated heterocycles. The van der Waals surface area contributed by atoms with Crippen LogP contribution in [0.3, 0.4) is 0 Å². The van der Waals surface area contributed by atoms with Crippen LogP contribution in [-0.2, 0) is 17.9 Å². The lowest BCUT2D eigenvalue weighted by molar-refractivity contribution is -0.133. The maximum absolute atomic E-state index is 12.5. The van der Waals surface area contributed by atoms with Crippen LogP contribution in [0.25, 0.3) is 0 Å². The van der Waals surface area contributed by atoms with Crippen LogP contribution in [0, 0.1) is 13.8 Å². The van der Waals surface area contributed by atoms with E-state index in [1.807, 2.05) is 30.9 Å². The summed E-state index contributed by atoms with van der Waals surface area (Å²) in [6.45, 7) is 8.25. The van der Waals surface area contributed by atoms with Crippen molar-refractivity contribution in [3.8, 4) is 0 Å². The zero-order chi connectivity index (χ0) is 16.4. The maximum atomic E-state index is 12.5. The number of carbonyl (C=O) groups excluding carboxylic acids is 1. The Balaban J connectivity index is 1.53. The molecule has 0 unspecified atom stereocenters. The summed E-state index contributed by atoms with van der Waals surface area (Å²) >= 11 is 3.50. The number of nitrogens with zero attached hydrogens (tertiary/aromatic N) is 4. The Morgan fingerprint density at radius 3 is 2.61 bits per heavy atom. The van der Waals surface area contributed by atoms with Crippen molar-refractivity contribution in [2.24, 2.45) is 0 Å². The Morgan fingerprint density at radius 2 is 2.04 bits per heavy atom. The molecule has 3 heterocycles. The van der Waals surface area contributed by atoms with Gasteiger partial charge in [-0.05, 0) is 41.9 Å². The predicted octanol–water partition coefficient (Wildman–Crippen LogP) is 2.20. The molecule has 0 saturated carbocycles. The summed E-state index contributed by atoms with van der Waals surface area (Å²) in [6, 6.07) is 3.89. The van der Waals surface area contributed by atoms with E-state index in [0.717, 1.165) is 54.3 Å². The molecule has 2 aromatic heterocycles. The van der Waals surface area contributed by atoms with Crippen LogP contribution in [0.4, 0.5) is 0 Å². The van der Waals surface area contributed by atoms with E-state index in [1.54, 1.807) is 10.9 Å². The number of piperazine rings is 1. The Kier molecular flexibility index (Phi) is 4.87. The van der Waals surface area contributed by atoms with Gasteiger partial charge in [0.15, 0.2) is 0 Å². The zero-order valence-electron chi connectivity index (χ0n) is 13.5. The number of hydrogen-bond donors (Lipinski definition) is 0. The van der Waals surface area contributed by atoms with E-state index in [-0.39, 0.29) is 5.91 Å². The molecule has 6 nitrogen and oxygen atoms in total. The molecule has 23 heavy (non-hydrogen) atoms. The van der Waals surface area contributed by atoms with Crippen LogP contribution in [0.5, 0.6) is 0 Å². The van der Waals surface area contributed by atoms with Crippen molar-refractivity contribution in [3.63, 3.8) is 0 Å². The average Bonchev–Trinajstić information content (AvgIpc) is 3.13. The predicted molar refractivity (Wildman–Crippen MR) is 90.0 cm³/mol. The van der Waals surface area contributed by atoms with Crippen LogP contribution in [0.1, 0.15) is 17.1 Å². The van der Waals surface area contributed by atoms with Gasteiger partial charge < -0.3 is 9.32 Å². The van der Waals surface area contributed by atoms with Gasteiger partial charge in [0.25, 0.3) is 0 Å². The van der Waals surface area contributed by atoms with Gasteiger partial charge in [-0.3, -0.25) is 14.4 Å². The highest BCUT2D eigenvalue weighted by Gasteiger charge is 2.22. The fraction of sp³-hybridized carbons (Fsp3) is 0.500. The molecule has 0 spiro atoms. The third-order valence-electron chi connectivity index (χ3n) is 4.26. The molecule has 0 aliphatic carbocycles. The largest absolute Gasteiger partial charge is 0.468 e. The van der Waals surface area contributed by atoms with Crippen LogP contribution < -0.4 is 0 Å². The molecule has 3 rings (SSSR count). The molecule has 0 atom stereocenters. The molecule has 0 radical (unpaired) electrons. The van der Waals surface area contributed by atoms with E-state index in [1.165, 1.54) is 0 Å². The van der Waals surface area contributed by atoms with E-state index in [9.17, 15) is 4.79 Å². The lowest BCUT2D eigenvalue weighted by Gasteiger charge is -2.34. The summed E-state index contributed by atoms with van der Waals surface area (Å²) in [5.74, 6) is 1.10. The Labute approximate surface area is 144 Å². The van der Waals surface area contributed by atoms with Crippen LogP contribution in [-0.4, -0.2) is 51.7 Å². The van der Waals surface area contributed by atoms with E-state index in [2.05, 4.69) is 25.9 Å². The number of rotatable bonds is 4. The summed E-state index contributed by atoms with van der Waals surface area (Å²) in [7, 11) is 0. The Bertz CT molecular complexity index is 673. The van der Waals surface area contributed by atoms with Crippen molar-refractivity contribution in [1.29, 1.82) is 0 Å². The monoisotopic (exact) mass is 380 g/mol. The topological polar surface area (TPSA) is 54.5 Å². The smallest absolute Gasteiger partial charge is 0.244 e. The average molecular weight is 381 g/mol. The molecule has 1 aliphatic rings. The minimum absolute atomic E-state index is 0.126. The Hall–Kier alpha value is -1.60. The number of hydrogen-bond acceptors (Lipinski definition) is 4. The van der Waals surface area contributed by atoms with E-state index in [0.29, 0.717) is 6.54 Å². The number of furan rings is 1. The molecule has 124 valence electrons. The normalized spacial score (nSPS) is 16.0. The highest BCUT2D eigenvalue weighted by molar-refractivity contribution is 9.10. The summed E-state index contributed by atoms with van der Waals surface area (Å²) in [5.41, 5.74) is 1.91. The van der Waals surface area contributed by atoms with Crippen molar-refractivity contribution in [2.75, 3.05) is 26.2 Å². The van der Waals surface area contributed by atoms with Gasteiger partial charge in [-0.1, -0.05) is 0 Å². The van der Waals surface area contributed by atoms with E-state index >= 15 is 0 Å². The second-order valence-electron chi connectivity index (χ2n) is 5.88. The molecule has 1 amide bonds. The zero-order valence-corrected chi connectivity index (χ0v) is 15.0. The first-order valence-electron chi connectivity index (χ1n) is 7.76. The van der Waals surface area contributed by atoms with Gasteiger partial charge >= 0.3 is 0 Å². The summed E-state index contributed by atoms with van der Waals surface area (Å²) in [5, 5.41) is 4.41. The lowest BCUT2D eigenvalue weighted by atomic mass is 10.3. The van der Waals surface area contributed by atoms with Crippen molar-refractivity contribution >= 4 is 21.8 Å². The molecule has 0 bridgehead atoms. The molecular weight excluding hydrogens is 360 g/mol. The molecule has 0 aromatic carbocycles. The standard InChI is InChI=1S/C16H21BrN4O2/c1-12-16(17)13(2)21(18-12)11-15(22)20-7-5-19(6-8-20)10-14-4-3-9-23-14/h3-4,9H,5-8,10-11H2,1-2H3. The fourth-order valence-corrected chi connectivity index (χ4v) is 3.12. The first kappa shape index (κ1) is 16.3. The van der Waals surface area contributed by atoms with Crippen LogP contribution in [0.2, 0.25) is 0 Å². The first-order chi connectivity index (χ1) is 11.0.